The van der Waals surface area contributed by atoms with Crippen molar-refractivity contribution in [2.75, 3.05) is 25.5 Å². The van der Waals surface area contributed by atoms with Gasteiger partial charge in [-0.1, -0.05) is 18.2 Å². The summed E-state index contributed by atoms with van der Waals surface area (Å²) in [6.45, 7) is 5.57. The van der Waals surface area contributed by atoms with E-state index in [9.17, 15) is 4.79 Å². The number of hydrogen-bond donors (Lipinski definition) is 3. The Morgan fingerprint density at radius 1 is 1.33 bits per heavy atom. The lowest BCUT2D eigenvalue weighted by atomic mass is 9.90. The average molecular weight is 368 g/mol. The number of benzene rings is 1. The Morgan fingerprint density at radius 2 is 2.11 bits per heavy atom. The van der Waals surface area contributed by atoms with Crippen LogP contribution in [0.3, 0.4) is 0 Å². The van der Waals surface area contributed by atoms with Gasteiger partial charge in [-0.2, -0.15) is 5.10 Å². The van der Waals surface area contributed by atoms with Crippen molar-refractivity contribution < 1.29 is 4.79 Å². The molecular weight excluding hydrogens is 340 g/mol. The van der Waals surface area contributed by atoms with E-state index in [4.69, 9.17) is 0 Å². The molecule has 27 heavy (non-hydrogen) atoms. The van der Waals surface area contributed by atoms with Crippen molar-refractivity contribution in [1.82, 2.24) is 20.4 Å². The van der Waals surface area contributed by atoms with Crippen LogP contribution >= 0.6 is 0 Å². The minimum absolute atomic E-state index is 0.0611. The zero-order chi connectivity index (χ0) is 19.4. The number of aryl methyl sites for hydroxylation is 2. The summed E-state index contributed by atoms with van der Waals surface area (Å²) in [6.07, 6.45) is 1.37. The van der Waals surface area contributed by atoms with Gasteiger partial charge in [-0.05, 0) is 37.5 Å². The second kappa shape index (κ2) is 8.24. The number of rotatable bonds is 5. The van der Waals surface area contributed by atoms with Gasteiger partial charge in [0.05, 0.1) is 5.69 Å². The van der Waals surface area contributed by atoms with Crippen molar-refractivity contribution in [1.29, 1.82) is 0 Å². The first kappa shape index (κ1) is 18.9. The number of aromatic nitrogens is 2. The summed E-state index contributed by atoms with van der Waals surface area (Å²) in [6, 6.07) is 7.98. The summed E-state index contributed by atoms with van der Waals surface area (Å²) < 4.78 is 1.92. The molecule has 3 rings (SSSR count). The van der Waals surface area contributed by atoms with E-state index >= 15 is 0 Å². The highest BCUT2D eigenvalue weighted by Crippen LogP contribution is 2.31. The molecule has 1 amide bonds. The van der Waals surface area contributed by atoms with Gasteiger partial charge in [0, 0.05) is 50.9 Å². The minimum atomic E-state index is 0.0611. The van der Waals surface area contributed by atoms with Crippen LogP contribution in [0.1, 0.15) is 34.9 Å². The third-order valence-corrected chi connectivity index (χ3v) is 5.17. The molecule has 0 aliphatic carbocycles. The Bertz CT molecular complexity index is 854. The van der Waals surface area contributed by atoms with Crippen molar-refractivity contribution >= 4 is 17.6 Å². The molecule has 7 nitrogen and oxygen atoms in total. The van der Waals surface area contributed by atoms with Crippen molar-refractivity contribution in [3.63, 3.8) is 0 Å². The molecule has 0 saturated heterocycles. The number of hydrogen-bond acceptors (Lipinski definition) is 3. The number of carbonyl (C=O) groups is 1. The fourth-order valence-electron chi connectivity index (χ4n) is 3.61. The summed E-state index contributed by atoms with van der Waals surface area (Å²) in [4.78, 5) is 16.3. The van der Waals surface area contributed by atoms with E-state index in [0.29, 0.717) is 13.0 Å². The molecule has 0 fully saturated rings. The highest BCUT2D eigenvalue weighted by Gasteiger charge is 2.24. The number of para-hydroxylation sites is 1. The van der Waals surface area contributed by atoms with Crippen molar-refractivity contribution in [3.8, 4) is 0 Å². The quantitative estimate of drug-likeness (QED) is 0.556. The third-order valence-electron chi connectivity index (χ3n) is 5.17. The van der Waals surface area contributed by atoms with Crippen LogP contribution in [-0.4, -0.2) is 41.8 Å². The van der Waals surface area contributed by atoms with Crippen molar-refractivity contribution in [3.05, 3.63) is 46.8 Å². The van der Waals surface area contributed by atoms with Gasteiger partial charge in [-0.15, -0.1) is 0 Å². The Labute approximate surface area is 160 Å². The molecule has 1 unspecified atom stereocenters. The molecule has 3 N–H and O–H groups in total. The van der Waals surface area contributed by atoms with Crippen LogP contribution in [0, 0.1) is 13.8 Å². The Balaban J connectivity index is 1.55. The number of amides is 1. The predicted molar refractivity (Wildman–Crippen MR) is 108 cm³/mol. The van der Waals surface area contributed by atoms with E-state index in [0.717, 1.165) is 30.3 Å². The van der Waals surface area contributed by atoms with Crippen LogP contribution < -0.4 is 16.0 Å². The fraction of sp³-hybridized carbons (Fsp3) is 0.450. The largest absolute Gasteiger partial charge is 0.356 e. The van der Waals surface area contributed by atoms with Crippen molar-refractivity contribution in [2.45, 2.75) is 32.6 Å². The zero-order valence-electron chi connectivity index (χ0n) is 16.5. The normalized spacial score (nSPS) is 16.7. The lowest BCUT2D eigenvalue weighted by molar-refractivity contribution is -0.116. The number of aliphatic imine (C=N–C) groups is 1. The van der Waals surface area contributed by atoms with Gasteiger partial charge in [0.1, 0.15) is 0 Å². The smallest absolute Gasteiger partial charge is 0.225 e. The monoisotopic (exact) mass is 368 g/mol. The third kappa shape index (κ3) is 4.30. The van der Waals surface area contributed by atoms with Gasteiger partial charge in [0.25, 0.3) is 0 Å². The first-order chi connectivity index (χ1) is 13.0. The van der Waals surface area contributed by atoms with Crippen LogP contribution in [0.2, 0.25) is 0 Å². The molecule has 1 atom stereocenters. The molecule has 1 aliphatic heterocycles. The highest BCUT2D eigenvalue weighted by atomic mass is 16.1. The molecule has 2 heterocycles. The predicted octanol–water partition coefficient (Wildman–Crippen LogP) is 1.87. The van der Waals surface area contributed by atoms with E-state index < -0.39 is 0 Å². The minimum Gasteiger partial charge on any atom is -0.356 e. The molecule has 7 heteroatoms. The van der Waals surface area contributed by atoms with Crippen molar-refractivity contribution in [2.24, 2.45) is 12.0 Å². The molecule has 1 aromatic heterocycles. The molecule has 1 aromatic carbocycles. The number of carbonyl (C=O) groups excluding carboxylic acids is 1. The van der Waals surface area contributed by atoms with E-state index in [1.165, 1.54) is 16.8 Å². The summed E-state index contributed by atoms with van der Waals surface area (Å²) in [5.74, 6) is 0.944. The Hall–Kier alpha value is -2.83. The summed E-state index contributed by atoms with van der Waals surface area (Å²) in [7, 11) is 3.73. The molecule has 2 aromatic rings. The second-order valence-corrected chi connectivity index (χ2v) is 6.94. The summed E-state index contributed by atoms with van der Waals surface area (Å²) in [5.41, 5.74) is 5.62. The Morgan fingerprint density at radius 3 is 2.81 bits per heavy atom. The molecular formula is C20H28N6O. The van der Waals surface area contributed by atoms with Gasteiger partial charge in [0.15, 0.2) is 5.96 Å². The lowest BCUT2D eigenvalue weighted by Gasteiger charge is -2.26. The maximum absolute atomic E-state index is 12.0. The molecule has 1 aliphatic rings. The van der Waals surface area contributed by atoms with Gasteiger partial charge >= 0.3 is 0 Å². The standard InChI is InChI=1S/C20H28N6O/c1-13-16(14(2)26(4)25-13)9-10-22-20(21-3)23-12-15-11-19(27)24-18-8-6-5-7-17(15)18/h5-8,15H,9-12H2,1-4H3,(H,24,27)(H2,21,22,23). The topological polar surface area (TPSA) is 83.3 Å². The van der Waals surface area contributed by atoms with Gasteiger partial charge in [0.2, 0.25) is 5.91 Å². The summed E-state index contributed by atoms with van der Waals surface area (Å²) >= 11 is 0. The van der Waals surface area contributed by atoms with E-state index in [1.54, 1.807) is 7.05 Å². The number of anilines is 1. The fourth-order valence-corrected chi connectivity index (χ4v) is 3.61. The van der Waals surface area contributed by atoms with Crippen LogP contribution in [0.4, 0.5) is 5.69 Å². The van der Waals surface area contributed by atoms with Gasteiger partial charge < -0.3 is 16.0 Å². The molecule has 0 bridgehead atoms. The second-order valence-electron chi connectivity index (χ2n) is 6.94. The van der Waals surface area contributed by atoms with Crippen LogP contribution in [0.15, 0.2) is 29.3 Å². The number of nitrogens with zero attached hydrogens (tertiary/aromatic N) is 3. The average Bonchev–Trinajstić information content (AvgIpc) is 2.89. The maximum atomic E-state index is 12.0. The van der Waals surface area contributed by atoms with Crippen LogP contribution in [0.25, 0.3) is 0 Å². The molecule has 0 saturated carbocycles. The highest BCUT2D eigenvalue weighted by molar-refractivity contribution is 5.94. The molecule has 144 valence electrons. The number of guanidine groups is 1. The molecule has 0 radical (unpaired) electrons. The Kier molecular flexibility index (Phi) is 5.78. The first-order valence-corrected chi connectivity index (χ1v) is 9.32. The SMILES string of the molecule is CN=C(NCCc1c(C)nn(C)c1C)NCC1CC(=O)Nc2ccccc21. The number of nitrogens with one attached hydrogen (secondary N) is 3. The number of fused-ring (bicyclic) bond motifs is 1. The first-order valence-electron chi connectivity index (χ1n) is 9.32. The zero-order valence-corrected chi connectivity index (χ0v) is 16.5. The van der Waals surface area contributed by atoms with E-state index in [-0.39, 0.29) is 11.8 Å². The summed E-state index contributed by atoms with van der Waals surface area (Å²) in [5, 5.41) is 14.1. The maximum Gasteiger partial charge on any atom is 0.225 e. The molecule has 0 spiro atoms. The van der Waals surface area contributed by atoms with E-state index in [1.807, 2.05) is 36.9 Å². The van der Waals surface area contributed by atoms with E-state index in [2.05, 4.69) is 39.0 Å². The van der Waals surface area contributed by atoms with Gasteiger partial charge in [-0.25, -0.2) is 0 Å². The van der Waals surface area contributed by atoms with Crippen LogP contribution in [0.5, 0.6) is 0 Å². The van der Waals surface area contributed by atoms with Gasteiger partial charge in [-0.3, -0.25) is 14.5 Å². The lowest BCUT2D eigenvalue weighted by Crippen LogP contribution is -2.41. The van der Waals surface area contributed by atoms with Crippen LogP contribution in [-0.2, 0) is 18.3 Å².